The Morgan fingerprint density at radius 1 is 1.26 bits per heavy atom. The lowest BCUT2D eigenvalue weighted by molar-refractivity contribution is 0.0465. The van der Waals surface area contributed by atoms with Gasteiger partial charge in [0.25, 0.3) is 0 Å². The average molecular weight is 388 g/mol. The lowest BCUT2D eigenvalue weighted by atomic mass is 10.2. The molecular weight excluding hydrogens is 368 g/mol. The molecule has 142 valence electrons. The van der Waals surface area contributed by atoms with Crippen molar-refractivity contribution in [1.29, 1.82) is 0 Å². The van der Waals surface area contributed by atoms with Crippen molar-refractivity contribution in [3.05, 3.63) is 46.3 Å². The largest absolute Gasteiger partial charge is 0.493 e. The number of thiazole rings is 1. The number of carbonyl (C=O) groups excluding carboxylic acids is 1. The van der Waals surface area contributed by atoms with Crippen molar-refractivity contribution < 1.29 is 23.5 Å². The highest BCUT2D eigenvalue weighted by atomic mass is 32.1. The van der Waals surface area contributed by atoms with E-state index in [-0.39, 0.29) is 6.61 Å². The molecule has 0 fully saturated rings. The second-order valence-corrected chi connectivity index (χ2v) is 6.58. The van der Waals surface area contributed by atoms with Gasteiger partial charge in [0.2, 0.25) is 0 Å². The molecule has 27 heavy (non-hydrogen) atoms. The van der Waals surface area contributed by atoms with Gasteiger partial charge in [-0.25, -0.2) is 9.78 Å². The summed E-state index contributed by atoms with van der Waals surface area (Å²) in [5, 5.41) is 6.43. The Morgan fingerprint density at radius 3 is 2.74 bits per heavy atom. The molecule has 0 aliphatic heterocycles. The molecule has 2 heterocycles. The zero-order valence-electron chi connectivity index (χ0n) is 15.6. The summed E-state index contributed by atoms with van der Waals surface area (Å²) < 4.78 is 21.2. The number of hydrogen-bond acceptors (Lipinski definition) is 8. The quantitative estimate of drug-likeness (QED) is 0.561. The summed E-state index contributed by atoms with van der Waals surface area (Å²) in [6.07, 6.45) is 0. The van der Waals surface area contributed by atoms with Gasteiger partial charge in [0.1, 0.15) is 22.9 Å². The third-order valence-corrected chi connectivity index (χ3v) is 4.79. The SMILES string of the molecule is CCOc1ccc(-c2nc(COC(=O)c3c(C)noc3C)cs2)cc1OC. The highest BCUT2D eigenvalue weighted by Crippen LogP contribution is 2.34. The predicted octanol–water partition coefficient (Wildman–Crippen LogP) is 4.18. The number of carbonyl (C=O) groups is 1. The van der Waals surface area contributed by atoms with Gasteiger partial charge in [-0.1, -0.05) is 5.16 Å². The maximum absolute atomic E-state index is 12.2. The molecule has 0 radical (unpaired) electrons. The number of aromatic nitrogens is 2. The summed E-state index contributed by atoms with van der Waals surface area (Å²) in [5.74, 6) is 1.31. The predicted molar refractivity (Wildman–Crippen MR) is 100 cm³/mol. The second-order valence-electron chi connectivity index (χ2n) is 5.72. The van der Waals surface area contributed by atoms with Crippen LogP contribution in [0.1, 0.15) is 34.4 Å². The van der Waals surface area contributed by atoms with Crippen LogP contribution in [-0.2, 0) is 11.3 Å². The minimum atomic E-state index is -0.469. The molecule has 0 saturated carbocycles. The van der Waals surface area contributed by atoms with Gasteiger partial charge in [-0.3, -0.25) is 0 Å². The van der Waals surface area contributed by atoms with E-state index in [1.807, 2.05) is 30.5 Å². The molecule has 0 unspecified atom stereocenters. The van der Waals surface area contributed by atoms with Crippen LogP contribution in [0.25, 0.3) is 10.6 Å². The molecule has 0 amide bonds. The Labute approximate surface area is 160 Å². The second kappa shape index (κ2) is 8.22. The normalized spacial score (nSPS) is 10.7. The molecule has 0 saturated heterocycles. The van der Waals surface area contributed by atoms with Gasteiger partial charge in [0.05, 0.1) is 25.1 Å². The summed E-state index contributed by atoms with van der Waals surface area (Å²) in [4.78, 5) is 16.7. The monoisotopic (exact) mass is 388 g/mol. The summed E-state index contributed by atoms with van der Waals surface area (Å²) in [6.45, 7) is 5.94. The third-order valence-electron chi connectivity index (χ3n) is 3.85. The molecule has 8 heteroatoms. The van der Waals surface area contributed by atoms with E-state index < -0.39 is 5.97 Å². The topological polar surface area (TPSA) is 83.7 Å². The van der Waals surface area contributed by atoms with Crippen molar-refractivity contribution in [2.75, 3.05) is 13.7 Å². The van der Waals surface area contributed by atoms with Gasteiger partial charge >= 0.3 is 5.97 Å². The van der Waals surface area contributed by atoms with Gasteiger partial charge < -0.3 is 18.7 Å². The first-order valence-corrected chi connectivity index (χ1v) is 9.27. The molecule has 0 aliphatic rings. The molecule has 0 N–H and O–H groups in total. The van der Waals surface area contributed by atoms with Crippen LogP contribution in [0.2, 0.25) is 0 Å². The maximum Gasteiger partial charge on any atom is 0.344 e. The van der Waals surface area contributed by atoms with Crippen LogP contribution in [0, 0.1) is 13.8 Å². The number of ether oxygens (including phenoxy) is 3. The van der Waals surface area contributed by atoms with E-state index >= 15 is 0 Å². The molecule has 2 aromatic heterocycles. The van der Waals surface area contributed by atoms with Crippen molar-refractivity contribution in [2.45, 2.75) is 27.4 Å². The van der Waals surface area contributed by atoms with Gasteiger partial charge in [-0.15, -0.1) is 11.3 Å². The molecule has 7 nitrogen and oxygen atoms in total. The fourth-order valence-electron chi connectivity index (χ4n) is 2.57. The number of methoxy groups -OCH3 is 1. The van der Waals surface area contributed by atoms with Crippen LogP contribution in [0.4, 0.5) is 0 Å². The molecule has 0 atom stereocenters. The van der Waals surface area contributed by atoms with E-state index in [4.69, 9.17) is 18.7 Å². The fraction of sp³-hybridized carbons (Fsp3) is 0.316. The smallest absolute Gasteiger partial charge is 0.344 e. The van der Waals surface area contributed by atoms with Crippen molar-refractivity contribution in [1.82, 2.24) is 10.1 Å². The van der Waals surface area contributed by atoms with Crippen molar-refractivity contribution in [2.24, 2.45) is 0 Å². The number of esters is 1. The van der Waals surface area contributed by atoms with E-state index in [1.54, 1.807) is 21.0 Å². The Bertz CT molecular complexity index is 928. The lowest BCUT2D eigenvalue weighted by Crippen LogP contribution is -2.07. The van der Waals surface area contributed by atoms with E-state index in [2.05, 4.69) is 10.1 Å². The van der Waals surface area contributed by atoms with Crippen LogP contribution in [0.3, 0.4) is 0 Å². The van der Waals surface area contributed by atoms with Crippen molar-refractivity contribution in [3.63, 3.8) is 0 Å². The first kappa shape index (κ1) is 18.9. The van der Waals surface area contributed by atoms with E-state index in [0.29, 0.717) is 40.8 Å². The first-order chi connectivity index (χ1) is 13.0. The van der Waals surface area contributed by atoms with Crippen LogP contribution >= 0.6 is 11.3 Å². The summed E-state index contributed by atoms with van der Waals surface area (Å²) >= 11 is 1.47. The molecular formula is C19H20N2O5S. The minimum absolute atomic E-state index is 0.0769. The molecule has 0 bridgehead atoms. The molecule has 3 rings (SSSR count). The van der Waals surface area contributed by atoms with Gasteiger partial charge in [0.15, 0.2) is 11.5 Å². The van der Waals surface area contributed by atoms with Crippen LogP contribution < -0.4 is 9.47 Å². The summed E-state index contributed by atoms with van der Waals surface area (Å²) in [7, 11) is 1.60. The molecule has 1 aromatic carbocycles. The minimum Gasteiger partial charge on any atom is -0.493 e. The number of nitrogens with zero attached hydrogens (tertiary/aromatic N) is 2. The Balaban J connectivity index is 1.71. The van der Waals surface area contributed by atoms with Gasteiger partial charge in [-0.05, 0) is 39.0 Å². The number of aryl methyl sites for hydroxylation is 2. The van der Waals surface area contributed by atoms with Crippen molar-refractivity contribution in [3.8, 4) is 22.1 Å². The maximum atomic E-state index is 12.2. The molecule has 3 aromatic rings. The lowest BCUT2D eigenvalue weighted by Gasteiger charge is -2.09. The summed E-state index contributed by atoms with van der Waals surface area (Å²) in [6, 6.07) is 5.66. The average Bonchev–Trinajstić information content (AvgIpc) is 3.27. The van der Waals surface area contributed by atoms with Gasteiger partial charge in [-0.2, -0.15) is 0 Å². The highest BCUT2D eigenvalue weighted by molar-refractivity contribution is 7.13. The highest BCUT2D eigenvalue weighted by Gasteiger charge is 2.19. The zero-order chi connectivity index (χ0) is 19.4. The van der Waals surface area contributed by atoms with E-state index in [1.165, 1.54) is 11.3 Å². The Hall–Kier alpha value is -2.87. The van der Waals surface area contributed by atoms with Crippen molar-refractivity contribution >= 4 is 17.3 Å². The number of benzene rings is 1. The van der Waals surface area contributed by atoms with Crippen LogP contribution in [-0.4, -0.2) is 29.8 Å². The fourth-order valence-corrected chi connectivity index (χ4v) is 3.37. The van der Waals surface area contributed by atoms with E-state index in [9.17, 15) is 4.79 Å². The number of rotatable bonds is 7. The summed E-state index contributed by atoms with van der Waals surface area (Å²) in [5.41, 5.74) is 2.45. The first-order valence-electron chi connectivity index (χ1n) is 8.39. The Kier molecular flexibility index (Phi) is 5.75. The zero-order valence-corrected chi connectivity index (χ0v) is 16.4. The third kappa shape index (κ3) is 4.11. The van der Waals surface area contributed by atoms with Crippen LogP contribution in [0.5, 0.6) is 11.5 Å². The Morgan fingerprint density at radius 2 is 2.07 bits per heavy atom. The van der Waals surface area contributed by atoms with E-state index in [0.717, 1.165) is 10.6 Å². The molecule has 0 aliphatic carbocycles. The van der Waals surface area contributed by atoms with Gasteiger partial charge in [0, 0.05) is 10.9 Å². The number of hydrogen-bond donors (Lipinski definition) is 0. The standard InChI is InChI=1S/C19H20N2O5S/c1-5-24-15-7-6-13(8-16(15)23-4)18-20-14(10-27-18)9-25-19(22)17-11(2)21-26-12(17)3/h6-8,10H,5,9H2,1-4H3. The van der Waals surface area contributed by atoms with Crippen LogP contribution in [0.15, 0.2) is 28.1 Å². The molecule has 0 spiro atoms.